The van der Waals surface area contributed by atoms with Gasteiger partial charge in [0.15, 0.2) is 5.78 Å². The lowest BCUT2D eigenvalue weighted by Crippen LogP contribution is -1.98. The average Bonchev–Trinajstić information content (AvgIpc) is 2.25. The van der Waals surface area contributed by atoms with Gasteiger partial charge in [0.25, 0.3) is 0 Å². The first-order valence-corrected chi connectivity index (χ1v) is 5.93. The van der Waals surface area contributed by atoms with E-state index in [0.29, 0.717) is 5.92 Å². The summed E-state index contributed by atoms with van der Waals surface area (Å²) >= 11 is 0. The third-order valence-corrected chi connectivity index (χ3v) is 2.36. The summed E-state index contributed by atoms with van der Waals surface area (Å²) in [5.74, 6) is 0.726. The Balaban J connectivity index is 2.81. The number of hydrogen-bond acceptors (Lipinski definition) is 1. The third kappa shape index (κ3) is 4.01. The topological polar surface area (TPSA) is 17.1 Å². The van der Waals surface area contributed by atoms with Crippen molar-refractivity contribution in [3.8, 4) is 0 Å². The zero-order chi connectivity index (χ0) is 12.0. The molecule has 0 fully saturated rings. The Bertz CT molecular complexity index is 375. The molecular weight excluding hydrogens is 196 g/mol. The van der Waals surface area contributed by atoms with Crippen molar-refractivity contribution in [2.24, 2.45) is 5.92 Å². The Kier molecular flexibility index (Phi) is 4.97. The third-order valence-electron chi connectivity index (χ3n) is 2.36. The van der Waals surface area contributed by atoms with Gasteiger partial charge in [-0.2, -0.15) is 0 Å². The van der Waals surface area contributed by atoms with Crippen molar-refractivity contribution >= 4 is 5.78 Å². The summed E-state index contributed by atoms with van der Waals surface area (Å²) in [7, 11) is 0. The molecule has 1 aromatic carbocycles. The van der Waals surface area contributed by atoms with Crippen LogP contribution < -0.4 is 0 Å². The van der Waals surface area contributed by atoms with Crippen LogP contribution in [-0.2, 0) is 6.42 Å². The first kappa shape index (κ1) is 12.7. The molecule has 0 spiro atoms. The van der Waals surface area contributed by atoms with E-state index in [2.05, 4.69) is 19.9 Å². The maximum absolute atomic E-state index is 11.8. The molecule has 0 aliphatic carbocycles. The molecule has 0 bridgehead atoms. The highest BCUT2D eigenvalue weighted by Crippen LogP contribution is 2.11. The summed E-state index contributed by atoms with van der Waals surface area (Å²) in [6, 6.07) is 7.93. The zero-order valence-corrected chi connectivity index (χ0v) is 10.4. The van der Waals surface area contributed by atoms with Gasteiger partial charge in [-0.15, -0.1) is 0 Å². The molecule has 0 amide bonds. The zero-order valence-electron chi connectivity index (χ0n) is 10.4. The molecule has 1 aromatic rings. The highest BCUT2D eigenvalue weighted by atomic mass is 16.1. The predicted molar refractivity (Wildman–Crippen MR) is 68.7 cm³/mol. The molecule has 0 aromatic heterocycles. The molecule has 0 saturated heterocycles. The quantitative estimate of drug-likeness (QED) is 0.536. The molecular formula is C15H20O. The van der Waals surface area contributed by atoms with Gasteiger partial charge in [-0.3, -0.25) is 4.79 Å². The summed E-state index contributed by atoms with van der Waals surface area (Å²) in [6.07, 6.45) is 5.49. The Morgan fingerprint density at radius 2 is 2.12 bits per heavy atom. The van der Waals surface area contributed by atoms with E-state index >= 15 is 0 Å². The molecule has 0 N–H and O–H groups in total. The fourth-order valence-electron chi connectivity index (χ4n) is 1.64. The van der Waals surface area contributed by atoms with Crippen molar-refractivity contribution < 1.29 is 4.79 Å². The van der Waals surface area contributed by atoms with E-state index in [-0.39, 0.29) is 5.78 Å². The lowest BCUT2D eigenvalue weighted by molar-refractivity contribution is 0.104. The van der Waals surface area contributed by atoms with Crippen LogP contribution in [0.2, 0.25) is 0 Å². The van der Waals surface area contributed by atoms with Gasteiger partial charge in [0, 0.05) is 5.56 Å². The van der Waals surface area contributed by atoms with Crippen LogP contribution in [0.25, 0.3) is 0 Å². The molecule has 86 valence electrons. The lowest BCUT2D eigenvalue weighted by Gasteiger charge is -2.05. The summed E-state index contributed by atoms with van der Waals surface area (Å²) < 4.78 is 0. The second-order valence-electron chi connectivity index (χ2n) is 4.47. The van der Waals surface area contributed by atoms with Gasteiger partial charge >= 0.3 is 0 Å². The van der Waals surface area contributed by atoms with Crippen LogP contribution in [0.1, 0.15) is 43.1 Å². The van der Waals surface area contributed by atoms with Crippen LogP contribution in [0.4, 0.5) is 0 Å². The number of benzene rings is 1. The van der Waals surface area contributed by atoms with E-state index in [1.165, 1.54) is 5.56 Å². The second-order valence-corrected chi connectivity index (χ2v) is 4.47. The van der Waals surface area contributed by atoms with Crippen molar-refractivity contribution in [1.29, 1.82) is 0 Å². The highest BCUT2D eigenvalue weighted by molar-refractivity contribution is 6.04. The van der Waals surface area contributed by atoms with Crippen molar-refractivity contribution in [3.05, 3.63) is 47.5 Å². The predicted octanol–water partition coefficient (Wildman–Crippen LogP) is 4.03. The van der Waals surface area contributed by atoms with Gasteiger partial charge in [0.05, 0.1) is 0 Å². The standard InChI is InChI=1S/C15H20O/c1-4-5-9-15(16)14-8-6-7-13(11-14)10-12(2)3/h5-9,11-12H,4,10H2,1-3H3/b9-5+. The van der Waals surface area contributed by atoms with E-state index < -0.39 is 0 Å². The van der Waals surface area contributed by atoms with Crippen molar-refractivity contribution in [2.45, 2.75) is 33.6 Å². The molecule has 0 heterocycles. The monoisotopic (exact) mass is 216 g/mol. The van der Waals surface area contributed by atoms with E-state index in [9.17, 15) is 4.79 Å². The van der Waals surface area contributed by atoms with Crippen LogP contribution in [0.3, 0.4) is 0 Å². The minimum atomic E-state index is 0.104. The molecule has 0 radical (unpaired) electrons. The Morgan fingerprint density at radius 1 is 1.38 bits per heavy atom. The van der Waals surface area contributed by atoms with Crippen LogP contribution in [0.5, 0.6) is 0 Å². The Hall–Kier alpha value is -1.37. The van der Waals surface area contributed by atoms with Crippen LogP contribution in [0.15, 0.2) is 36.4 Å². The fraction of sp³-hybridized carbons (Fsp3) is 0.400. The number of carbonyl (C=O) groups is 1. The van der Waals surface area contributed by atoms with Crippen LogP contribution in [-0.4, -0.2) is 5.78 Å². The van der Waals surface area contributed by atoms with Crippen molar-refractivity contribution in [3.63, 3.8) is 0 Å². The van der Waals surface area contributed by atoms with E-state index in [4.69, 9.17) is 0 Å². The Labute approximate surface area is 98.2 Å². The highest BCUT2D eigenvalue weighted by Gasteiger charge is 2.03. The maximum atomic E-state index is 11.8. The summed E-state index contributed by atoms with van der Waals surface area (Å²) in [4.78, 5) is 11.8. The first-order chi connectivity index (χ1) is 7.63. The van der Waals surface area contributed by atoms with Crippen LogP contribution in [0, 0.1) is 5.92 Å². The normalized spacial score (nSPS) is 11.2. The minimum absolute atomic E-state index is 0.104. The van der Waals surface area contributed by atoms with E-state index in [1.807, 2.05) is 31.2 Å². The summed E-state index contributed by atoms with van der Waals surface area (Å²) in [5.41, 5.74) is 2.04. The van der Waals surface area contributed by atoms with Gasteiger partial charge in [0.1, 0.15) is 0 Å². The minimum Gasteiger partial charge on any atom is -0.289 e. The number of ketones is 1. The second kappa shape index (κ2) is 6.26. The smallest absolute Gasteiger partial charge is 0.185 e. The SMILES string of the molecule is CC/C=C/C(=O)c1cccc(CC(C)C)c1. The molecule has 0 unspecified atom stereocenters. The maximum Gasteiger partial charge on any atom is 0.185 e. The van der Waals surface area contributed by atoms with Crippen LogP contribution >= 0.6 is 0 Å². The van der Waals surface area contributed by atoms with Crippen molar-refractivity contribution in [2.75, 3.05) is 0 Å². The molecule has 1 nitrogen and oxygen atoms in total. The number of allylic oxidation sites excluding steroid dienone is 2. The number of hydrogen-bond donors (Lipinski definition) is 0. The van der Waals surface area contributed by atoms with E-state index in [0.717, 1.165) is 18.4 Å². The molecule has 16 heavy (non-hydrogen) atoms. The summed E-state index contributed by atoms with van der Waals surface area (Å²) in [6.45, 7) is 6.40. The fourth-order valence-corrected chi connectivity index (χ4v) is 1.64. The largest absolute Gasteiger partial charge is 0.289 e. The molecule has 1 heteroatoms. The molecule has 1 rings (SSSR count). The van der Waals surface area contributed by atoms with Gasteiger partial charge in [-0.1, -0.05) is 45.0 Å². The lowest BCUT2D eigenvalue weighted by atomic mass is 9.99. The number of carbonyl (C=O) groups excluding carboxylic acids is 1. The average molecular weight is 216 g/mol. The van der Waals surface area contributed by atoms with Gasteiger partial charge in [-0.05, 0) is 36.5 Å². The van der Waals surface area contributed by atoms with Crippen molar-refractivity contribution in [1.82, 2.24) is 0 Å². The molecule has 0 saturated carbocycles. The molecule has 0 aliphatic rings. The molecule has 0 atom stereocenters. The summed E-state index contributed by atoms with van der Waals surface area (Å²) in [5, 5.41) is 0. The Morgan fingerprint density at radius 3 is 2.75 bits per heavy atom. The van der Waals surface area contributed by atoms with E-state index in [1.54, 1.807) is 6.08 Å². The first-order valence-electron chi connectivity index (χ1n) is 5.93. The molecule has 0 aliphatic heterocycles. The van der Waals surface area contributed by atoms with Gasteiger partial charge < -0.3 is 0 Å². The van der Waals surface area contributed by atoms with Gasteiger partial charge in [-0.25, -0.2) is 0 Å². The van der Waals surface area contributed by atoms with Gasteiger partial charge in [0.2, 0.25) is 0 Å². The number of rotatable bonds is 5.